The summed E-state index contributed by atoms with van der Waals surface area (Å²) in [5.41, 5.74) is 2.31. The zero-order valence-electron chi connectivity index (χ0n) is 10.0. The largest absolute Gasteiger partial charge is 0.294 e. The van der Waals surface area contributed by atoms with Crippen molar-refractivity contribution in [3.63, 3.8) is 0 Å². The van der Waals surface area contributed by atoms with E-state index in [0.29, 0.717) is 5.54 Å². The predicted octanol–water partition coefficient (Wildman–Crippen LogP) is 2.93. The first-order valence-corrected chi connectivity index (χ1v) is 5.86. The van der Waals surface area contributed by atoms with Crippen molar-refractivity contribution in [3.8, 4) is 6.07 Å². The summed E-state index contributed by atoms with van der Waals surface area (Å²) in [7, 11) is 0. The Morgan fingerprint density at radius 3 is 2.88 bits per heavy atom. The van der Waals surface area contributed by atoms with Gasteiger partial charge in [0.1, 0.15) is 0 Å². The van der Waals surface area contributed by atoms with Crippen molar-refractivity contribution in [1.82, 2.24) is 4.90 Å². The minimum Gasteiger partial charge on any atom is -0.294 e. The maximum absolute atomic E-state index is 8.86. The molecule has 1 fully saturated rings. The number of likely N-dealkylation sites (tertiary alicyclic amines) is 1. The Hall–Kier alpha value is -1.33. The average molecular weight is 214 g/mol. The molecule has 2 heteroatoms. The fourth-order valence-corrected chi connectivity index (χ4v) is 2.42. The van der Waals surface area contributed by atoms with E-state index in [1.54, 1.807) is 0 Å². The number of nitriles is 1. The van der Waals surface area contributed by atoms with Gasteiger partial charge in [0, 0.05) is 12.1 Å². The van der Waals surface area contributed by atoms with Crippen LogP contribution in [0.1, 0.15) is 37.8 Å². The second-order valence-electron chi connectivity index (χ2n) is 5.15. The Kier molecular flexibility index (Phi) is 2.98. The Bertz CT molecular complexity index is 415. The molecule has 0 aromatic heterocycles. The number of hydrogen-bond acceptors (Lipinski definition) is 2. The zero-order chi connectivity index (χ0) is 11.6. The van der Waals surface area contributed by atoms with Crippen LogP contribution in [-0.4, -0.2) is 17.0 Å². The van der Waals surface area contributed by atoms with Gasteiger partial charge in [0.15, 0.2) is 0 Å². The van der Waals surface area contributed by atoms with Crippen LogP contribution in [0.2, 0.25) is 0 Å². The summed E-state index contributed by atoms with van der Waals surface area (Å²) < 4.78 is 0. The molecule has 0 spiro atoms. The van der Waals surface area contributed by atoms with Gasteiger partial charge >= 0.3 is 0 Å². The molecule has 1 aromatic carbocycles. The number of nitrogens with zero attached hydrogens (tertiary/aromatic N) is 2. The van der Waals surface area contributed by atoms with E-state index in [9.17, 15) is 0 Å². The molecule has 0 N–H and O–H groups in total. The first-order valence-electron chi connectivity index (χ1n) is 5.86. The maximum Gasteiger partial charge on any atom is 0.0991 e. The Morgan fingerprint density at radius 1 is 1.44 bits per heavy atom. The van der Waals surface area contributed by atoms with Gasteiger partial charge in [-0.15, -0.1) is 0 Å². The van der Waals surface area contributed by atoms with Crippen molar-refractivity contribution < 1.29 is 0 Å². The van der Waals surface area contributed by atoms with Crippen LogP contribution in [0.3, 0.4) is 0 Å². The van der Waals surface area contributed by atoms with E-state index in [4.69, 9.17) is 5.26 Å². The normalized spacial score (nSPS) is 19.6. The molecule has 84 valence electrons. The second kappa shape index (κ2) is 4.27. The molecule has 0 unspecified atom stereocenters. The topological polar surface area (TPSA) is 27.0 Å². The number of rotatable bonds is 2. The van der Waals surface area contributed by atoms with E-state index in [0.717, 1.165) is 12.1 Å². The molecule has 16 heavy (non-hydrogen) atoms. The molecule has 2 rings (SSSR count). The lowest BCUT2D eigenvalue weighted by Gasteiger charge is -2.31. The van der Waals surface area contributed by atoms with Crippen LogP contribution < -0.4 is 0 Å². The highest BCUT2D eigenvalue weighted by Gasteiger charge is 2.31. The highest BCUT2D eigenvalue weighted by atomic mass is 15.2. The van der Waals surface area contributed by atoms with Crippen LogP contribution in [0.5, 0.6) is 0 Å². The third kappa shape index (κ3) is 2.25. The van der Waals surface area contributed by atoms with Gasteiger partial charge in [0.2, 0.25) is 0 Å². The van der Waals surface area contributed by atoms with Gasteiger partial charge in [-0.05, 0) is 50.9 Å². The molecule has 2 nitrogen and oxygen atoms in total. The Balaban J connectivity index is 2.12. The minimum absolute atomic E-state index is 0.308. The summed E-state index contributed by atoms with van der Waals surface area (Å²) in [6, 6.07) is 10.1. The molecule has 1 saturated heterocycles. The average Bonchev–Trinajstić information content (AvgIpc) is 2.59. The van der Waals surface area contributed by atoms with E-state index in [-0.39, 0.29) is 0 Å². The van der Waals surface area contributed by atoms with Crippen molar-refractivity contribution in [2.45, 2.75) is 38.8 Å². The molecule has 1 aliphatic rings. The molecule has 0 aliphatic carbocycles. The fourth-order valence-electron chi connectivity index (χ4n) is 2.42. The van der Waals surface area contributed by atoms with E-state index < -0.39 is 0 Å². The van der Waals surface area contributed by atoms with Gasteiger partial charge in [-0.2, -0.15) is 5.26 Å². The summed E-state index contributed by atoms with van der Waals surface area (Å²) >= 11 is 0. The minimum atomic E-state index is 0.308. The Morgan fingerprint density at radius 2 is 2.25 bits per heavy atom. The Labute approximate surface area is 97.5 Å². The van der Waals surface area contributed by atoms with Crippen LogP contribution in [0.4, 0.5) is 0 Å². The van der Waals surface area contributed by atoms with Crippen LogP contribution in [0.25, 0.3) is 0 Å². The first kappa shape index (κ1) is 11.2. The van der Waals surface area contributed by atoms with E-state index in [1.807, 2.05) is 18.2 Å². The standard InChI is InChI=1S/C14H18N2/c1-14(2)7-4-8-16(14)11-13-6-3-5-12(9-13)10-15/h3,5-6,9H,4,7-8,11H2,1-2H3. The summed E-state index contributed by atoms with van der Waals surface area (Å²) in [6.07, 6.45) is 2.55. The lowest BCUT2D eigenvalue weighted by molar-refractivity contribution is 0.166. The van der Waals surface area contributed by atoms with E-state index >= 15 is 0 Å². The van der Waals surface area contributed by atoms with E-state index in [1.165, 1.54) is 24.9 Å². The lowest BCUT2D eigenvalue weighted by Crippen LogP contribution is -2.37. The van der Waals surface area contributed by atoms with Crippen molar-refractivity contribution in [1.29, 1.82) is 5.26 Å². The molecular weight excluding hydrogens is 196 g/mol. The third-order valence-electron chi connectivity index (χ3n) is 3.50. The molecule has 0 saturated carbocycles. The van der Waals surface area contributed by atoms with Crippen molar-refractivity contribution in [2.75, 3.05) is 6.54 Å². The van der Waals surface area contributed by atoms with Gasteiger partial charge in [0.25, 0.3) is 0 Å². The predicted molar refractivity (Wildman–Crippen MR) is 64.9 cm³/mol. The first-order chi connectivity index (χ1) is 7.62. The molecule has 0 atom stereocenters. The van der Waals surface area contributed by atoms with Gasteiger partial charge in [-0.25, -0.2) is 0 Å². The molecule has 1 aliphatic heterocycles. The summed E-state index contributed by atoms with van der Waals surface area (Å²) in [6.45, 7) is 6.73. The molecule has 0 radical (unpaired) electrons. The summed E-state index contributed by atoms with van der Waals surface area (Å²) in [5.74, 6) is 0. The molecular formula is C14H18N2. The molecule has 1 heterocycles. The lowest BCUT2D eigenvalue weighted by atomic mass is 10.0. The maximum atomic E-state index is 8.86. The number of hydrogen-bond donors (Lipinski definition) is 0. The monoisotopic (exact) mass is 214 g/mol. The molecule has 1 aromatic rings. The van der Waals surface area contributed by atoms with Crippen LogP contribution in [0.15, 0.2) is 24.3 Å². The molecule has 0 bridgehead atoms. The van der Waals surface area contributed by atoms with Gasteiger partial charge in [-0.3, -0.25) is 4.90 Å². The highest BCUT2D eigenvalue weighted by molar-refractivity contribution is 5.32. The summed E-state index contributed by atoms with van der Waals surface area (Å²) in [4.78, 5) is 2.50. The van der Waals surface area contributed by atoms with Crippen molar-refractivity contribution >= 4 is 0 Å². The highest BCUT2D eigenvalue weighted by Crippen LogP contribution is 2.29. The van der Waals surface area contributed by atoms with E-state index in [2.05, 4.69) is 30.9 Å². The van der Waals surface area contributed by atoms with Gasteiger partial charge < -0.3 is 0 Å². The van der Waals surface area contributed by atoms with Crippen LogP contribution >= 0.6 is 0 Å². The van der Waals surface area contributed by atoms with Gasteiger partial charge in [0.05, 0.1) is 11.6 Å². The smallest absolute Gasteiger partial charge is 0.0991 e. The zero-order valence-corrected chi connectivity index (χ0v) is 10.0. The van der Waals surface area contributed by atoms with Crippen molar-refractivity contribution in [3.05, 3.63) is 35.4 Å². The third-order valence-corrected chi connectivity index (χ3v) is 3.50. The van der Waals surface area contributed by atoms with Gasteiger partial charge in [-0.1, -0.05) is 12.1 Å². The van der Waals surface area contributed by atoms with Crippen LogP contribution in [0, 0.1) is 11.3 Å². The second-order valence-corrected chi connectivity index (χ2v) is 5.15. The summed E-state index contributed by atoms with van der Waals surface area (Å²) in [5, 5.41) is 8.86. The van der Waals surface area contributed by atoms with Crippen LogP contribution in [-0.2, 0) is 6.54 Å². The quantitative estimate of drug-likeness (QED) is 0.757. The number of benzene rings is 1. The SMILES string of the molecule is CC1(C)CCCN1Cc1cccc(C#N)c1. The molecule has 0 amide bonds. The fraction of sp³-hybridized carbons (Fsp3) is 0.500. The van der Waals surface area contributed by atoms with Crippen molar-refractivity contribution in [2.24, 2.45) is 0 Å².